The van der Waals surface area contributed by atoms with Crippen molar-refractivity contribution >= 4 is 26.8 Å². The molecule has 0 radical (unpaired) electrons. The molecule has 0 amide bonds. The van der Waals surface area contributed by atoms with Crippen LogP contribution in [-0.4, -0.2) is 9.97 Å². The van der Waals surface area contributed by atoms with Gasteiger partial charge in [-0.05, 0) is 58.7 Å². The van der Waals surface area contributed by atoms with Crippen LogP contribution in [0.1, 0.15) is 0 Å². The van der Waals surface area contributed by atoms with Crippen LogP contribution >= 0.6 is 15.9 Å². The molecule has 3 heteroatoms. The van der Waals surface area contributed by atoms with Crippen molar-refractivity contribution in [3.05, 3.63) is 132 Å². The lowest BCUT2D eigenvalue weighted by molar-refractivity contribution is 1.23. The summed E-state index contributed by atoms with van der Waals surface area (Å²) in [6, 6.07) is 44.1. The van der Waals surface area contributed by atoms with Gasteiger partial charge in [0.25, 0.3) is 0 Å². The van der Waals surface area contributed by atoms with Gasteiger partial charge in [-0.3, -0.25) is 0 Å². The molecule has 0 fully saturated rings. The smallest absolute Gasteiger partial charge is 0.160 e. The number of rotatable bonds is 4. The molecule has 2 nitrogen and oxygen atoms in total. The molecule has 6 aromatic rings. The number of hydrogen-bond donors (Lipinski definition) is 0. The fourth-order valence-electron chi connectivity index (χ4n) is 4.38. The van der Waals surface area contributed by atoms with Gasteiger partial charge in [0, 0.05) is 21.0 Å². The molecule has 0 aliphatic rings. The van der Waals surface area contributed by atoms with Crippen LogP contribution in [0.15, 0.2) is 132 Å². The summed E-state index contributed by atoms with van der Waals surface area (Å²) in [5, 5.41) is 1.04. The van der Waals surface area contributed by atoms with Crippen molar-refractivity contribution in [1.29, 1.82) is 0 Å². The first-order valence-corrected chi connectivity index (χ1v) is 12.3. The molecule has 0 N–H and O–H groups in total. The second kappa shape index (κ2) is 9.28. The lowest BCUT2D eigenvalue weighted by Gasteiger charge is -2.13. The number of halogens is 1. The quantitative estimate of drug-likeness (QED) is 0.235. The van der Waals surface area contributed by atoms with Crippen LogP contribution in [0.4, 0.5) is 0 Å². The van der Waals surface area contributed by atoms with E-state index in [1.807, 2.05) is 48.5 Å². The second-order valence-corrected chi connectivity index (χ2v) is 9.37. The maximum absolute atomic E-state index is 5.11. The highest BCUT2D eigenvalue weighted by Gasteiger charge is 2.14. The third-order valence-corrected chi connectivity index (χ3v) is 6.66. The molecule has 1 heterocycles. The first-order valence-electron chi connectivity index (χ1n) is 11.5. The number of para-hydroxylation sites is 1. The summed E-state index contributed by atoms with van der Waals surface area (Å²) in [4.78, 5) is 10.0. The SMILES string of the molecule is Brc1ccc(-c2nc(-c3cc(-c4ccccc4)cc(-c4ccccc4)c3)c3ccccc3n2)cc1. The van der Waals surface area contributed by atoms with Gasteiger partial charge in [-0.1, -0.05) is 107 Å². The molecular formula is C32H21BrN2. The molecule has 6 rings (SSSR count). The van der Waals surface area contributed by atoms with Gasteiger partial charge >= 0.3 is 0 Å². The number of benzene rings is 5. The molecule has 0 saturated carbocycles. The number of nitrogens with zero attached hydrogens (tertiary/aromatic N) is 2. The first-order chi connectivity index (χ1) is 17.2. The van der Waals surface area contributed by atoms with Crippen molar-refractivity contribution in [3.63, 3.8) is 0 Å². The van der Waals surface area contributed by atoms with E-state index in [1.165, 1.54) is 11.1 Å². The molecule has 166 valence electrons. The number of fused-ring (bicyclic) bond motifs is 1. The zero-order valence-electron chi connectivity index (χ0n) is 18.9. The Morgan fingerprint density at radius 2 is 0.971 bits per heavy atom. The topological polar surface area (TPSA) is 25.8 Å². The fourth-order valence-corrected chi connectivity index (χ4v) is 4.65. The van der Waals surface area contributed by atoms with E-state index in [2.05, 4.69) is 94.8 Å². The molecule has 0 unspecified atom stereocenters. The van der Waals surface area contributed by atoms with E-state index in [0.29, 0.717) is 0 Å². The van der Waals surface area contributed by atoms with Crippen LogP contribution in [-0.2, 0) is 0 Å². The Labute approximate surface area is 213 Å². The van der Waals surface area contributed by atoms with Gasteiger partial charge in [-0.2, -0.15) is 0 Å². The minimum absolute atomic E-state index is 0.720. The molecule has 0 atom stereocenters. The van der Waals surface area contributed by atoms with Crippen LogP contribution in [0.5, 0.6) is 0 Å². The Balaban J connectivity index is 1.62. The van der Waals surface area contributed by atoms with Crippen LogP contribution in [0, 0.1) is 0 Å². The maximum Gasteiger partial charge on any atom is 0.160 e. The zero-order valence-corrected chi connectivity index (χ0v) is 20.5. The Kier molecular flexibility index (Phi) is 5.69. The van der Waals surface area contributed by atoms with Crippen molar-refractivity contribution in [2.24, 2.45) is 0 Å². The largest absolute Gasteiger partial charge is 0.228 e. The van der Waals surface area contributed by atoms with Gasteiger partial charge in [-0.25, -0.2) is 9.97 Å². The molecule has 0 saturated heterocycles. The molecule has 5 aromatic carbocycles. The Morgan fingerprint density at radius 1 is 0.429 bits per heavy atom. The van der Waals surface area contributed by atoms with E-state index in [0.717, 1.165) is 49.1 Å². The Hall–Kier alpha value is -4.08. The second-order valence-electron chi connectivity index (χ2n) is 8.45. The van der Waals surface area contributed by atoms with Gasteiger partial charge in [0.15, 0.2) is 5.82 Å². The molecule has 0 bridgehead atoms. The molecule has 0 spiro atoms. The highest BCUT2D eigenvalue weighted by atomic mass is 79.9. The molecule has 0 aliphatic heterocycles. The Bertz CT molecular complexity index is 1570. The van der Waals surface area contributed by atoms with Gasteiger partial charge in [-0.15, -0.1) is 0 Å². The van der Waals surface area contributed by atoms with Crippen molar-refractivity contribution < 1.29 is 0 Å². The zero-order chi connectivity index (χ0) is 23.6. The minimum Gasteiger partial charge on any atom is -0.228 e. The van der Waals surface area contributed by atoms with Crippen molar-refractivity contribution in [2.45, 2.75) is 0 Å². The van der Waals surface area contributed by atoms with Gasteiger partial charge in [0.05, 0.1) is 11.2 Å². The molecule has 1 aromatic heterocycles. The highest BCUT2D eigenvalue weighted by Crippen LogP contribution is 2.35. The summed E-state index contributed by atoms with van der Waals surface area (Å²) in [5.41, 5.74) is 8.61. The first kappa shape index (κ1) is 21.5. The van der Waals surface area contributed by atoms with Crippen molar-refractivity contribution in [3.8, 4) is 44.9 Å². The van der Waals surface area contributed by atoms with Crippen LogP contribution < -0.4 is 0 Å². The predicted molar refractivity (Wildman–Crippen MR) is 149 cm³/mol. The van der Waals surface area contributed by atoms with Crippen LogP contribution in [0.2, 0.25) is 0 Å². The lowest BCUT2D eigenvalue weighted by Crippen LogP contribution is -1.96. The summed E-state index contributed by atoms with van der Waals surface area (Å²) >= 11 is 3.53. The number of hydrogen-bond acceptors (Lipinski definition) is 2. The average Bonchev–Trinajstić information content (AvgIpc) is 2.93. The van der Waals surface area contributed by atoms with Crippen LogP contribution in [0.3, 0.4) is 0 Å². The van der Waals surface area contributed by atoms with Crippen LogP contribution in [0.25, 0.3) is 55.8 Å². The third-order valence-electron chi connectivity index (χ3n) is 6.13. The maximum atomic E-state index is 5.11. The van der Waals surface area contributed by atoms with E-state index in [-0.39, 0.29) is 0 Å². The van der Waals surface area contributed by atoms with E-state index < -0.39 is 0 Å². The minimum atomic E-state index is 0.720. The molecule has 0 aliphatic carbocycles. The summed E-state index contributed by atoms with van der Waals surface area (Å²) in [6.07, 6.45) is 0. The van der Waals surface area contributed by atoms with Crippen molar-refractivity contribution in [2.75, 3.05) is 0 Å². The summed E-state index contributed by atoms with van der Waals surface area (Å²) in [6.45, 7) is 0. The molecule has 35 heavy (non-hydrogen) atoms. The standard InChI is InChI=1S/C32H21BrN2/c33-28-17-15-24(16-18-28)32-34-30-14-8-7-13-29(30)31(35-32)27-20-25(22-9-3-1-4-10-22)19-26(21-27)23-11-5-2-6-12-23/h1-21H. The fraction of sp³-hybridized carbons (Fsp3) is 0. The van der Waals surface area contributed by atoms with Crippen molar-refractivity contribution in [1.82, 2.24) is 9.97 Å². The lowest BCUT2D eigenvalue weighted by atomic mass is 9.94. The van der Waals surface area contributed by atoms with E-state index >= 15 is 0 Å². The van der Waals surface area contributed by atoms with E-state index in [1.54, 1.807) is 0 Å². The van der Waals surface area contributed by atoms with E-state index in [9.17, 15) is 0 Å². The summed E-state index contributed by atoms with van der Waals surface area (Å²) in [7, 11) is 0. The highest BCUT2D eigenvalue weighted by molar-refractivity contribution is 9.10. The number of aromatic nitrogens is 2. The van der Waals surface area contributed by atoms with Gasteiger partial charge in [0.2, 0.25) is 0 Å². The predicted octanol–water partition coefficient (Wildman–Crippen LogP) is 9.06. The Morgan fingerprint density at radius 3 is 1.60 bits per heavy atom. The average molecular weight is 513 g/mol. The monoisotopic (exact) mass is 512 g/mol. The summed E-state index contributed by atoms with van der Waals surface area (Å²) in [5.74, 6) is 0.720. The normalized spacial score (nSPS) is 11.0. The van der Waals surface area contributed by atoms with Gasteiger partial charge in [0.1, 0.15) is 0 Å². The van der Waals surface area contributed by atoms with E-state index in [4.69, 9.17) is 9.97 Å². The van der Waals surface area contributed by atoms with Gasteiger partial charge < -0.3 is 0 Å². The summed E-state index contributed by atoms with van der Waals surface area (Å²) < 4.78 is 1.03. The third kappa shape index (κ3) is 4.39. The molecular weight excluding hydrogens is 492 g/mol.